The average Bonchev–Trinajstić information content (AvgIpc) is 2.50. The van der Waals surface area contributed by atoms with Crippen LogP contribution in [0.5, 0.6) is 0 Å². The molecule has 0 aromatic rings. The zero-order chi connectivity index (χ0) is 16.3. The average molecular weight is 315 g/mol. The van der Waals surface area contributed by atoms with Crippen molar-refractivity contribution in [3.63, 3.8) is 0 Å². The third-order valence-electron chi connectivity index (χ3n) is 4.27. The molecule has 0 unspecified atom stereocenters. The van der Waals surface area contributed by atoms with Gasteiger partial charge in [0.25, 0.3) is 0 Å². The molecule has 2 heteroatoms. The zero-order valence-electron chi connectivity index (χ0n) is 15.5. The van der Waals surface area contributed by atoms with Crippen LogP contribution < -0.4 is 0 Å². The van der Waals surface area contributed by atoms with Crippen molar-refractivity contribution in [2.75, 3.05) is 19.8 Å². The van der Waals surface area contributed by atoms with Crippen LogP contribution in [-0.2, 0) is 4.74 Å². The van der Waals surface area contributed by atoms with Crippen molar-refractivity contribution in [2.45, 2.75) is 104 Å². The topological polar surface area (TPSA) is 29.5 Å². The number of aliphatic hydroxyl groups is 1. The van der Waals surface area contributed by atoms with Gasteiger partial charge in [0.15, 0.2) is 0 Å². The van der Waals surface area contributed by atoms with Gasteiger partial charge in [0.2, 0.25) is 0 Å². The summed E-state index contributed by atoms with van der Waals surface area (Å²) < 4.78 is 5.43. The van der Waals surface area contributed by atoms with Crippen LogP contribution in [0.3, 0.4) is 0 Å². The van der Waals surface area contributed by atoms with Crippen LogP contribution in [0.2, 0.25) is 0 Å². The quantitative estimate of drug-likeness (QED) is 0.309. The molecule has 0 amide bonds. The Morgan fingerprint density at radius 1 is 0.591 bits per heavy atom. The number of ether oxygens (including phenoxy) is 1. The Morgan fingerprint density at radius 2 is 1.00 bits per heavy atom. The molecule has 0 saturated carbocycles. The van der Waals surface area contributed by atoms with Crippen molar-refractivity contribution in [1.82, 2.24) is 0 Å². The minimum Gasteiger partial charge on any atom is -0.396 e. The summed E-state index contributed by atoms with van der Waals surface area (Å²) in [7, 11) is 0. The molecule has 0 spiro atoms. The van der Waals surface area contributed by atoms with Gasteiger partial charge in [-0.3, -0.25) is 0 Å². The van der Waals surface area contributed by atoms with Gasteiger partial charge in [-0.1, -0.05) is 90.9 Å². The van der Waals surface area contributed by atoms with Gasteiger partial charge in [-0.15, -0.1) is 0 Å². The summed E-state index contributed by atoms with van der Waals surface area (Å²) in [6.07, 6.45) is 18.9. The van der Waals surface area contributed by atoms with E-state index in [0.29, 0.717) is 6.61 Å². The van der Waals surface area contributed by atoms with E-state index < -0.39 is 0 Å². The minimum atomic E-state index is 0.248. The van der Waals surface area contributed by atoms with Crippen LogP contribution in [0.1, 0.15) is 104 Å². The second kappa shape index (κ2) is 19.0. The van der Waals surface area contributed by atoms with E-state index in [4.69, 9.17) is 9.84 Å². The lowest BCUT2D eigenvalue weighted by atomic mass is 10.0. The van der Waals surface area contributed by atoms with Crippen molar-refractivity contribution in [3.05, 3.63) is 0 Å². The number of hydrogen-bond acceptors (Lipinski definition) is 2. The first-order valence-corrected chi connectivity index (χ1v) is 9.96. The number of hydrogen-bond donors (Lipinski definition) is 1. The predicted octanol–water partition coefficient (Wildman–Crippen LogP) is 6.11. The summed E-state index contributed by atoms with van der Waals surface area (Å²) >= 11 is 0. The van der Waals surface area contributed by atoms with E-state index in [1.165, 1.54) is 83.5 Å². The Bertz CT molecular complexity index is 192. The van der Waals surface area contributed by atoms with E-state index in [-0.39, 0.29) is 6.61 Å². The normalized spacial score (nSPS) is 11.5. The second-order valence-corrected chi connectivity index (χ2v) is 7.11. The van der Waals surface area contributed by atoms with Gasteiger partial charge < -0.3 is 9.84 Å². The molecule has 2 nitrogen and oxygen atoms in total. The molecule has 0 saturated heterocycles. The summed E-state index contributed by atoms with van der Waals surface area (Å²) in [5.74, 6) is 0.882. The summed E-state index contributed by atoms with van der Waals surface area (Å²) in [5, 5.41) is 8.62. The first-order valence-electron chi connectivity index (χ1n) is 9.96. The molecule has 0 aliphatic rings. The lowest BCUT2D eigenvalue weighted by Gasteiger charge is -2.05. The highest BCUT2D eigenvalue weighted by atomic mass is 16.5. The van der Waals surface area contributed by atoms with Crippen LogP contribution in [0.25, 0.3) is 0 Å². The Balaban J connectivity index is 2.94. The Hall–Kier alpha value is -0.0800. The van der Waals surface area contributed by atoms with Crippen molar-refractivity contribution < 1.29 is 9.84 Å². The molecule has 22 heavy (non-hydrogen) atoms. The standard InChI is InChI=1S/C20H42O2/c1-20(2)16-13-11-9-7-5-3-4-6-8-10-12-14-18-22-19-15-17-21/h20-21H,3-19H2,1-2H3. The predicted molar refractivity (Wildman–Crippen MR) is 97.4 cm³/mol. The molecule has 134 valence electrons. The SMILES string of the molecule is CC(C)CCCCCCCCCCCCCCOCCCO. The summed E-state index contributed by atoms with van der Waals surface area (Å²) in [4.78, 5) is 0. The molecular weight excluding hydrogens is 272 g/mol. The van der Waals surface area contributed by atoms with Gasteiger partial charge in [-0.05, 0) is 18.8 Å². The van der Waals surface area contributed by atoms with Crippen molar-refractivity contribution in [2.24, 2.45) is 5.92 Å². The highest BCUT2D eigenvalue weighted by molar-refractivity contribution is 4.50. The third kappa shape index (κ3) is 19.9. The van der Waals surface area contributed by atoms with Gasteiger partial charge in [0.1, 0.15) is 0 Å². The monoisotopic (exact) mass is 314 g/mol. The molecule has 0 aliphatic heterocycles. The van der Waals surface area contributed by atoms with Crippen LogP contribution in [0.4, 0.5) is 0 Å². The maximum Gasteiger partial charge on any atom is 0.0487 e. The molecule has 0 aromatic carbocycles. The largest absolute Gasteiger partial charge is 0.396 e. The van der Waals surface area contributed by atoms with Crippen LogP contribution in [-0.4, -0.2) is 24.9 Å². The Labute approximate surface area is 140 Å². The second-order valence-electron chi connectivity index (χ2n) is 7.11. The van der Waals surface area contributed by atoms with Gasteiger partial charge >= 0.3 is 0 Å². The summed E-state index contributed by atoms with van der Waals surface area (Å²) in [5.41, 5.74) is 0. The molecule has 1 N–H and O–H groups in total. The van der Waals surface area contributed by atoms with E-state index in [9.17, 15) is 0 Å². The van der Waals surface area contributed by atoms with E-state index in [2.05, 4.69) is 13.8 Å². The fourth-order valence-electron chi connectivity index (χ4n) is 2.79. The third-order valence-corrected chi connectivity index (χ3v) is 4.27. The molecule has 0 rings (SSSR count). The molecule has 0 aliphatic carbocycles. The zero-order valence-corrected chi connectivity index (χ0v) is 15.5. The maximum atomic E-state index is 8.62. The fourth-order valence-corrected chi connectivity index (χ4v) is 2.79. The van der Waals surface area contributed by atoms with Gasteiger partial charge in [0.05, 0.1) is 0 Å². The van der Waals surface area contributed by atoms with E-state index in [0.717, 1.165) is 18.9 Å². The molecule has 0 radical (unpaired) electrons. The molecule has 0 aromatic heterocycles. The number of rotatable bonds is 18. The summed E-state index contributed by atoms with van der Waals surface area (Å²) in [6.45, 7) is 6.48. The van der Waals surface area contributed by atoms with Crippen molar-refractivity contribution in [3.8, 4) is 0 Å². The van der Waals surface area contributed by atoms with Crippen LogP contribution >= 0.6 is 0 Å². The summed E-state index contributed by atoms with van der Waals surface area (Å²) in [6, 6.07) is 0. The van der Waals surface area contributed by atoms with E-state index in [1.807, 2.05) is 0 Å². The Kier molecular flexibility index (Phi) is 18.9. The molecule has 0 bridgehead atoms. The van der Waals surface area contributed by atoms with Crippen LogP contribution in [0, 0.1) is 5.92 Å². The molecule has 0 atom stereocenters. The molecule has 0 fully saturated rings. The first-order chi connectivity index (χ1) is 10.8. The van der Waals surface area contributed by atoms with Gasteiger partial charge in [0, 0.05) is 19.8 Å². The highest BCUT2D eigenvalue weighted by Gasteiger charge is 1.96. The smallest absolute Gasteiger partial charge is 0.0487 e. The number of unbranched alkanes of at least 4 members (excludes halogenated alkanes) is 11. The molecule has 0 heterocycles. The first kappa shape index (κ1) is 21.9. The van der Waals surface area contributed by atoms with Crippen molar-refractivity contribution in [1.29, 1.82) is 0 Å². The molecular formula is C20H42O2. The van der Waals surface area contributed by atoms with Crippen molar-refractivity contribution >= 4 is 0 Å². The fraction of sp³-hybridized carbons (Fsp3) is 1.00. The highest BCUT2D eigenvalue weighted by Crippen LogP contribution is 2.14. The lowest BCUT2D eigenvalue weighted by Crippen LogP contribution is -1.98. The van der Waals surface area contributed by atoms with Gasteiger partial charge in [-0.25, -0.2) is 0 Å². The maximum absolute atomic E-state index is 8.62. The van der Waals surface area contributed by atoms with Crippen LogP contribution in [0.15, 0.2) is 0 Å². The van der Waals surface area contributed by atoms with E-state index in [1.54, 1.807) is 0 Å². The minimum absolute atomic E-state index is 0.248. The number of aliphatic hydroxyl groups excluding tert-OH is 1. The lowest BCUT2D eigenvalue weighted by molar-refractivity contribution is 0.112. The van der Waals surface area contributed by atoms with Gasteiger partial charge in [-0.2, -0.15) is 0 Å². The van der Waals surface area contributed by atoms with E-state index >= 15 is 0 Å². The Morgan fingerprint density at radius 3 is 1.45 bits per heavy atom.